The Balaban J connectivity index is 4.08. The Bertz CT molecular complexity index is 234. The van der Waals surface area contributed by atoms with Crippen LogP contribution in [0.3, 0.4) is 0 Å². The molecule has 0 bridgehead atoms. The molecule has 0 spiro atoms. The number of nitrogens with one attached hydrogen (secondary N) is 2. The molecule has 1 atom stereocenters. The summed E-state index contributed by atoms with van der Waals surface area (Å²) in [5.41, 5.74) is 0.668. The molecule has 0 rings (SSSR count). The molecule has 2 amide bonds. The van der Waals surface area contributed by atoms with Crippen molar-refractivity contribution in [2.45, 2.75) is 27.7 Å². The molecule has 0 heterocycles. The van der Waals surface area contributed by atoms with Gasteiger partial charge in [0.05, 0.1) is 0 Å². The normalized spacial score (nSPS) is 13.9. The first-order valence-corrected chi connectivity index (χ1v) is 4.81. The average Bonchev–Trinajstić information content (AvgIpc) is 2.13. The molecule has 4 heteroatoms. The number of nitrogens with zero attached hydrogens (tertiary/aromatic N) is 1. The Morgan fingerprint density at radius 1 is 1.50 bits per heavy atom. The van der Waals surface area contributed by atoms with Gasteiger partial charge in [-0.25, -0.2) is 9.79 Å². The summed E-state index contributed by atoms with van der Waals surface area (Å²) in [6, 6.07) is -0.315. The first kappa shape index (κ1) is 12.8. The molecule has 2 N–H and O–H groups in total. The van der Waals surface area contributed by atoms with Crippen LogP contribution in [-0.4, -0.2) is 24.5 Å². The van der Waals surface area contributed by atoms with Gasteiger partial charge in [-0.15, -0.1) is 0 Å². The van der Waals surface area contributed by atoms with Gasteiger partial charge in [0.25, 0.3) is 0 Å². The summed E-state index contributed by atoms with van der Waals surface area (Å²) in [6.07, 6.45) is 1.27. The van der Waals surface area contributed by atoms with Crippen molar-refractivity contribution in [1.82, 2.24) is 5.32 Å². The van der Waals surface area contributed by atoms with E-state index in [1.165, 1.54) is 6.21 Å². The van der Waals surface area contributed by atoms with Gasteiger partial charge in [-0.1, -0.05) is 20.8 Å². The van der Waals surface area contributed by atoms with Crippen molar-refractivity contribution >= 4 is 18.0 Å². The van der Waals surface area contributed by atoms with Crippen LogP contribution in [0.1, 0.15) is 27.7 Å². The SMILES string of the molecule is CC(=NC(=O)NCC(C)C)C(C)C=N. The molecule has 0 saturated carbocycles. The molecular formula is C10H19N3O. The highest BCUT2D eigenvalue weighted by molar-refractivity contribution is 6.01. The zero-order valence-electron chi connectivity index (χ0n) is 9.29. The Labute approximate surface area is 85.3 Å². The summed E-state index contributed by atoms with van der Waals surface area (Å²) in [6.45, 7) is 8.27. The first-order valence-electron chi connectivity index (χ1n) is 4.81. The summed E-state index contributed by atoms with van der Waals surface area (Å²) < 4.78 is 0. The average molecular weight is 197 g/mol. The lowest BCUT2D eigenvalue weighted by molar-refractivity contribution is 0.248. The lowest BCUT2D eigenvalue weighted by atomic mass is 10.1. The van der Waals surface area contributed by atoms with Gasteiger partial charge in [0, 0.05) is 24.4 Å². The minimum absolute atomic E-state index is 0.0696. The van der Waals surface area contributed by atoms with Crippen LogP contribution < -0.4 is 5.32 Å². The van der Waals surface area contributed by atoms with Crippen molar-refractivity contribution in [2.24, 2.45) is 16.8 Å². The predicted octanol–water partition coefficient (Wildman–Crippen LogP) is 2.10. The molecule has 0 fully saturated rings. The maximum absolute atomic E-state index is 11.2. The summed E-state index contributed by atoms with van der Waals surface area (Å²) in [7, 11) is 0. The third-order valence-electron chi connectivity index (χ3n) is 1.85. The molecule has 0 radical (unpaired) electrons. The molecule has 80 valence electrons. The molecule has 0 aliphatic carbocycles. The van der Waals surface area contributed by atoms with E-state index in [-0.39, 0.29) is 11.9 Å². The quantitative estimate of drug-likeness (QED) is 0.666. The van der Waals surface area contributed by atoms with Gasteiger partial charge in [-0.2, -0.15) is 0 Å². The van der Waals surface area contributed by atoms with Crippen LogP contribution in [0.5, 0.6) is 0 Å². The molecule has 0 aromatic heterocycles. The Morgan fingerprint density at radius 2 is 2.07 bits per heavy atom. The zero-order chi connectivity index (χ0) is 11.1. The van der Waals surface area contributed by atoms with E-state index in [1.54, 1.807) is 6.92 Å². The zero-order valence-corrected chi connectivity index (χ0v) is 9.29. The monoisotopic (exact) mass is 197 g/mol. The highest BCUT2D eigenvalue weighted by Crippen LogP contribution is 1.95. The molecule has 0 aliphatic rings. The summed E-state index contributed by atoms with van der Waals surface area (Å²) >= 11 is 0. The molecule has 0 aromatic rings. The van der Waals surface area contributed by atoms with E-state index in [4.69, 9.17) is 5.41 Å². The van der Waals surface area contributed by atoms with Gasteiger partial charge >= 0.3 is 6.03 Å². The predicted molar refractivity (Wildman–Crippen MR) is 59.3 cm³/mol. The maximum atomic E-state index is 11.2. The van der Waals surface area contributed by atoms with Crippen LogP contribution in [0.4, 0.5) is 4.79 Å². The molecule has 4 nitrogen and oxygen atoms in total. The lowest BCUT2D eigenvalue weighted by Crippen LogP contribution is -2.26. The van der Waals surface area contributed by atoms with Crippen molar-refractivity contribution in [3.63, 3.8) is 0 Å². The van der Waals surface area contributed by atoms with Crippen molar-refractivity contribution in [3.8, 4) is 0 Å². The van der Waals surface area contributed by atoms with Crippen LogP contribution in [0.15, 0.2) is 4.99 Å². The van der Waals surface area contributed by atoms with Crippen LogP contribution in [-0.2, 0) is 0 Å². The van der Waals surface area contributed by atoms with Gasteiger partial charge in [0.15, 0.2) is 0 Å². The second-order valence-corrected chi connectivity index (χ2v) is 3.79. The second-order valence-electron chi connectivity index (χ2n) is 3.79. The van der Waals surface area contributed by atoms with Gasteiger partial charge in [-0.05, 0) is 12.8 Å². The van der Waals surface area contributed by atoms with E-state index in [0.717, 1.165) is 0 Å². The lowest BCUT2D eigenvalue weighted by Gasteiger charge is -2.06. The maximum Gasteiger partial charge on any atom is 0.340 e. The van der Waals surface area contributed by atoms with E-state index < -0.39 is 0 Å². The third kappa shape index (κ3) is 5.45. The fourth-order valence-electron chi connectivity index (χ4n) is 0.714. The first-order chi connectivity index (χ1) is 6.47. The van der Waals surface area contributed by atoms with Crippen molar-refractivity contribution in [1.29, 1.82) is 5.41 Å². The minimum atomic E-state index is -0.315. The Morgan fingerprint density at radius 3 is 2.50 bits per heavy atom. The van der Waals surface area contributed by atoms with E-state index in [0.29, 0.717) is 18.2 Å². The molecule has 0 aromatic carbocycles. The smallest absolute Gasteiger partial charge is 0.336 e. The molecule has 0 aliphatic heterocycles. The van der Waals surface area contributed by atoms with Crippen molar-refractivity contribution in [2.75, 3.05) is 6.54 Å². The van der Waals surface area contributed by atoms with Gasteiger partial charge < -0.3 is 10.7 Å². The number of urea groups is 1. The summed E-state index contributed by atoms with van der Waals surface area (Å²) in [5.74, 6) is 0.356. The number of rotatable bonds is 4. The topological polar surface area (TPSA) is 65.3 Å². The number of hydrogen-bond donors (Lipinski definition) is 2. The summed E-state index contributed by atoms with van der Waals surface area (Å²) in [4.78, 5) is 15.0. The number of hydrogen-bond acceptors (Lipinski definition) is 2. The molecule has 14 heavy (non-hydrogen) atoms. The molecule has 0 saturated heterocycles. The van der Waals surface area contributed by atoms with Gasteiger partial charge in [-0.3, -0.25) is 0 Å². The highest BCUT2D eigenvalue weighted by Gasteiger charge is 2.05. The summed E-state index contributed by atoms with van der Waals surface area (Å²) in [5, 5.41) is 9.71. The Kier molecular flexibility index (Phi) is 5.76. The highest BCUT2D eigenvalue weighted by atomic mass is 16.2. The van der Waals surface area contributed by atoms with Crippen LogP contribution in [0.25, 0.3) is 0 Å². The largest absolute Gasteiger partial charge is 0.340 e. The van der Waals surface area contributed by atoms with Crippen LogP contribution in [0.2, 0.25) is 0 Å². The number of aliphatic imine (C=N–C) groups is 1. The Hall–Kier alpha value is -1.19. The standard InChI is InChI=1S/C10H19N3O/c1-7(2)6-12-10(14)13-9(4)8(3)5-11/h5,7-8,11H,6H2,1-4H3,(H,12,14). The second kappa shape index (κ2) is 6.29. The van der Waals surface area contributed by atoms with E-state index >= 15 is 0 Å². The number of carbonyl (C=O) groups excluding carboxylic acids is 1. The molecule has 1 unspecified atom stereocenters. The van der Waals surface area contributed by atoms with E-state index in [1.807, 2.05) is 20.8 Å². The number of amides is 2. The number of carbonyl (C=O) groups is 1. The fraction of sp³-hybridized carbons (Fsp3) is 0.700. The molecular weight excluding hydrogens is 178 g/mol. The fourth-order valence-corrected chi connectivity index (χ4v) is 0.714. The van der Waals surface area contributed by atoms with E-state index in [9.17, 15) is 4.79 Å². The van der Waals surface area contributed by atoms with Crippen molar-refractivity contribution < 1.29 is 4.79 Å². The third-order valence-corrected chi connectivity index (χ3v) is 1.85. The van der Waals surface area contributed by atoms with Crippen LogP contribution >= 0.6 is 0 Å². The van der Waals surface area contributed by atoms with Crippen LogP contribution in [0, 0.1) is 17.2 Å². The van der Waals surface area contributed by atoms with Gasteiger partial charge in [0.1, 0.15) is 0 Å². The van der Waals surface area contributed by atoms with Gasteiger partial charge in [0.2, 0.25) is 0 Å². The van der Waals surface area contributed by atoms with Crippen molar-refractivity contribution in [3.05, 3.63) is 0 Å². The van der Waals surface area contributed by atoms with E-state index in [2.05, 4.69) is 10.3 Å². The minimum Gasteiger partial charge on any atom is -0.336 e.